The smallest absolute Gasteiger partial charge is 0.224 e. The van der Waals surface area contributed by atoms with Gasteiger partial charge < -0.3 is 15.5 Å². The van der Waals surface area contributed by atoms with E-state index < -0.39 is 0 Å². The predicted octanol–water partition coefficient (Wildman–Crippen LogP) is 0.605. The Morgan fingerprint density at radius 2 is 2.16 bits per heavy atom. The van der Waals surface area contributed by atoms with Crippen molar-refractivity contribution in [2.45, 2.75) is 39.2 Å². The second-order valence-corrected chi connectivity index (χ2v) is 6.03. The quantitative estimate of drug-likeness (QED) is 0.742. The van der Waals surface area contributed by atoms with Crippen LogP contribution in [0.15, 0.2) is 0 Å². The first-order valence-electron chi connectivity index (χ1n) is 7.11. The van der Waals surface area contributed by atoms with E-state index in [9.17, 15) is 9.59 Å². The molecule has 110 valence electrons. The highest BCUT2D eigenvalue weighted by Gasteiger charge is 2.25. The van der Waals surface area contributed by atoms with Gasteiger partial charge >= 0.3 is 0 Å². The van der Waals surface area contributed by atoms with E-state index in [0.717, 1.165) is 6.42 Å². The van der Waals surface area contributed by atoms with Crippen LogP contribution < -0.4 is 10.6 Å². The molecule has 1 saturated heterocycles. The summed E-state index contributed by atoms with van der Waals surface area (Å²) in [6, 6.07) is 0.363. The summed E-state index contributed by atoms with van der Waals surface area (Å²) >= 11 is 0. The van der Waals surface area contributed by atoms with Crippen molar-refractivity contribution in [3.8, 4) is 0 Å². The minimum absolute atomic E-state index is 0.0509. The molecule has 0 radical (unpaired) electrons. The first-order chi connectivity index (χ1) is 8.90. The Morgan fingerprint density at radius 3 is 2.63 bits per heavy atom. The molecule has 1 rings (SSSR count). The van der Waals surface area contributed by atoms with Crippen LogP contribution in [0.3, 0.4) is 0 Å². The lowest BCUT2D eigenvalue weighted by Gasteiger charge is -2.28. The highest BCUT2D eigenvalue weighted by atomic mass is 16.2. The summed E-state index contributed by atoms with van der Waals surface area (Å²) in [6.07, 6.45) is 2.18. The lowest BCUT2D eigenvalue weighted by Crippen LogP contribution is -2.47. The van der Waals surface area contributed by atoms with Gasteiger partial charge in [-0.05, 0) is 32.9 Å². The third-order valence-electron chi connectivity index (χ3n) is 3.62. The molecular weight excluding hydrogens is 242 g/mol. The zero-order valence-electron chi connectivity index (χ0n) is 12.5. The number of carbonyl (C=O) groups excluding carboxylic acids is 2. The average Bonchev–Trinajstić information content (AvgIpc) is 2.34. The molecule has 2 unspecified atom stereocenters. The Kier molecular flexibility index (Phi) is 6.28. The van der Waals surface area contributed by atoms with Crippen molar-refractivity contribution in [3.63, 3.8) is 0 Å². The standard InChI is InChI=1S/C14H27N3O2/c1-10(2)7-12(17(3)4)9-16-14(19)11-5-6-13(18)15-8-11/h10-12H,5-9H2,1-4H3,(H,15,18)(H,16,19). The Labute approximate surface area is 116 Å². The summed E-state index contributed by atoms with van der Waals surface area (Å²) < 4.78 is 0. The molecule has 5 nitrogen and oxygen atoms in total. The van der Waals surface area contributed by atoms with Gasteiger partial charge in [0.25, 0.3) is 0 Å². The highest BCUT2D eigenvalue weighted by Crippen LogP contribution is 2.12. The molecule has 5 heteroatoms. The van der Waals surface area contributed by atoms with Gasteiger partial charge in [-0.3, -0.25) is 9.59 Å². The van der Waals surface area contributed by atoms with Gasteiger partial charge in [-0.25, -0.2) is 0 Å². The van der Waals surface area contributed by atoms with Crippen molar-refractivity contribution >= 4 is 11.8 Å². The lowest BCUT2D eigenvalue weighted by molar-refractivity contribution is -0.129. The van der Waals surface area contributed by atoms with Crippen LogP contribution in [-0.4, -0.2) is 49.9 Å². The van der Waals surface area contributed by atoms with Gasteiger partial charge in [0.2, 0.25) is 11.8 Å². The van der Waals surface area contributed by atoms with E-state index in [-0.39, 0.29) is 17.7 Å². The Hall–Kier alpha value is -1.10. The molecule has 0 aromatic heterocycles. The van der Waals surface area contributed by atoms with Crippen molar-refractivity contribution in [1.82, 2.24) is 15.5 Å². The molecule has 1 fully saturated rings. The van der Waals surface area contributed by atoms with Gasteiger partial charge in [-0.2, -0.15) is 0 Å². The van der Waals surface area contributed by atoms with Crippen LogP contribution in [-0.2, 0) is 9.59 Å². The molecule has 0 saturated carbocycles. The molecule has 2 amide bonds. The fourth-order valence-electron chi connectivity index (χ4n) is 2.34. The number of hydrogen-bond acceptors (Lipinski definition) is 3. The van der Waals surface area contributed by atoms with Gasteiger partial charge in [0.15, 0.2) is 0 Å². The third-order valence-corrected chi connectivity index (χ3v) is 3.62. The summed E-state index contributed by atoms with van der Waals surface area (Å²) in [4.78, 5) is 25.3. The van der Waals surface area contributed by atoms with Crippen molar-refractivity contribution in [3.05, 3.63) is 0 Å². The summed E-state index contributed by atoms with van der Waals surface area (Å²) in [7, 11) is 4.08. The lowest BCUT2D eigenvalue weighted by atomic mass is 9.97. The first-order valence-corrected chi connectivity index (χ1v) is 7.11. The van der Waals surface area contributed by atoms with Crippen LogP contribution in [0.1, 0.15) is 33.1 Å². The van der Waals surface area contributed by atoms with Gasteiger partial charge in [0, 0.05) is 25.6 Å². The van der Waals surface area contributed by atoms with E-state index in [4.69, 9.17) is 0 Å². The maximum Gasteiger partial charge on any atom is 0.224 e. The van der Waals surface area contributed by atoms with Crippen LogP contribution in [0, 0.1) is 11.8 Å². The Bertz CT molecular complexity index is 306. The molecule has 0 bridgehead atoms. The summed E-state index contributed by atoms with van der Waals surface area (Å²) in [5, 5.41) is 5.77. The SMILES string of the molecule is CC(C)CC(CNC(=O)C1CCC(=O)NC1)N(C)C. The van der Waals surface area contributed by atoms with E-state index in [0.29, 0.717) is 37.9 Å². The number of likely N-dealkylation sites (N-methyl/N-ethyl adjacent to an activating group) is 1. The Balaban J connectivity index is 2.37. The summed E-state index contributed by atoms with van der Waals surface area (Å²) in [5.74, 6) is 0.656. The van der Waals surface area contributed by atoms with E-state index in [1.54, 1.807) is 0 Å². The maximum atomic E-state index is 12.0. The topological polar surface area (TPSA) is 61.4 Å². The van der Waals surface area contributed by atoms with Crippen molar-refractivity contribution in [2.24, 2.45) is 11.8 Å². The van der Waals surface area contributed by atoms with E-state index in [1.807, 2.05) is 14.1 Å². The summed E-state index contributed by atoms with van der Waals surface area (Å²) in [5.41, 5.74) is 0. The molecule has 0 aliphatic carbocycles. The zero-order chi connectivity index (χ0) is 14.4. The molecule has 2 atom stereocenters. The third kappa shape index (κ3) is 5.59. The molecular formula is C14H27N3O2. The van der Waals surface area contributed by atoms with Crippen molar-refractivity contribution < 1.29 is 9.59 Å². The van der Waals surface area contributed by atoms with Gasteiger partial charge in [-0.1, -0.05) is 13.8 Å². The minimum atomic E-state index is -0.0698. The number of rotatable bonds is 6. The van der Waals surface area contributed by atoms with Crippen LogP contribution in [0.2, 0.25) is 0 Å². The van der Waals surface area contributed by atoms with Crippen molar-refractivity contribution in [2.75, 3.05) is 27.2 Å². The monoisotopic (exact) mass is 269 g/mol. The van der Waals surface area contributed by atoms with E-state index >= 15 is 0 Å². The molecule has 1 heterocycles. The normalized spacial score (nSPS) is 21.4. The molecule has 0 spiro atoms. The number of nitrogens with zero attached hydrogens (tertiary/aromatic N) is 1. The van der Waals surface area contributed by atoms with E-state index in [1.165, 1.54) is 0 Å². The van der Waals surface area contributed by atoms with Crippen molar-refractivity contribution in [1.29, 1.82) is 0 Å². The van der Waals surface area contributed by atoms with Crippen LogP contribution >= 0.6 is 0 Å². The first kappa shape index (κ1) is 16.0. The largest absolute Gasteiger partial charge is 0.355 e. The fraction of sp³-hybridized carbons (Fsp3) is 0.857. The molecule has 19 heavy (non-hydrogen) atoms. The molecule has 0 aromatic rings. The van der Waals surface area contributed by atoms with Crippen LogP contribution in [0.4, 0.5) is 0 Å². The molecule has 2 N–H and O–H groups in total. The van der Waals surface area contributed by atoms with Gasteiger partial charge in [-0.15, -0.1) is 0 Å². The highest BCUT2D eigenvalue weighted by molar-refractivity contribution is 5.83. The second kappa shape index (κ2) is 7.48. The fourth-order valence-corrected chi connectivity index (χ4v) is 2.34. The zero-order valence-corrected chi connectivity index (χ0v) is 12.5. The predicted molar refractivity (Wildman–Crippen MR) is 75.7 cm³/mol. The minimum Gasteiger partial charge on any atom is -0.355 e. The van der Waals surface area contributed by atoms with Crippen LogP contribution in [0.25, 0.3) is 0 Å². The number of nitrogens with one attached hydrogen (secondary N) is 2. The van der Waals surface area contributed by atoms with Crippen LogP contribution in [0.5, 0.6) is 0 Å². The average molecular weight is 269 g/mol. The van der Waals surface area contributed by atoms with E-state index in [2.05, 4.69) is 29.4 Å². The number of hydrogen-bond donors (Lipinski definition) is 2. The maximum absolute atomic E-state index is 12.0. The summed E-state index contributed by atoms with van der Waals surface area (Å²) in [6.45, 7) is 5.53. The second-order valence-electron chi connectivity index (χ2n) is 6.03. The molecule has 1 aliphatic heterocycles. The van der Waals surface area contributed by atoms with Gasteiger partial charge in [0.05, 0.1) is 5.92 Å². The van der Waals surface area contributed by atoms with Gasteiger partial charge in [0.1, 0.15) is 0 Å². The Morgan fingerprint density at radius 1 is 1.47 bits per heavy atom. The number of piperidine rings is 1. The molecule has 0 aromatic carbocycles. The molecule has 1 aliphatic rings. The number of carbonyl (C=O) groups is 2. The number of amides is 2.